The molecule has 0 fully saturated rings. The first-order valence-corrected chi connectivity index (χ1v) is 7.53. The Morgan fingerprint density at radius 3 is 2.85 bits per heavy atom. The zero-order valence-corrected chi connectivity index (χ0v) is 12.4. The van der Waals surface area contributed by atoms with Crippen molar-refractivity contribution in [2.45, 2.75) is 52.0 Å². The largest absolute Gasteiger partial charge is 0.380 e. The third kappa shape index (κ3) is 4.08. The predicted molar refractivity (Wildman–Crippen MR) is 83.2 cm³/mol. The van der Waals surface area contributed by atoms with E-state index < -0.39 is 0 Å². The van der Waals surface area contributed by atoms with E-state index in [2.05, 4.69) is 35.3 Å². The Hall–Kier alpha value is -1.84. The number of rotatable bonds is 8. The van der Waals surface area contributed by atoms with Crippen molar-refractivity contribution in [2.24, 2.45) is 0 Å². The molecule has 2 rings (SSSR count). The highest BCUT2D eigenvalue weighted by Crippen LogP contribution is 2.18. The normalized spacial score (nSPS) is 12.3. The molecule has 0 bridgehead atoms. The van der Waals surface area contributed by atoms with Gasteiger partial charge in [0.2, 0.25) is 0 Å². The summed E-state index contributed by atoms with van der Waals surface area (Å²) < 4.78 is 1.80. The van der Waals surface area contributed by atoms with Gasteiger partial charge in [-0.1, -0.05) is 32.6 Å². The summed E-state index contributed by atoms with van der Waals surface area (Å²) in [6.07, 6.45) is 11.9. The average Bonchev–Trinajstić information content (AvgIpc) is 2.98. The minimum atomic E-state index is 0.449. The van der Waals surface area contributed by atoms with Crippen molar-refractivity contribution in [3.8, 4) is 5.82 Å². The molecule has 0 aliphatic carbocycles. The molecule has 2 aromatic rings. The lowest BCUT2D eigenvalue weighted by molar-refractivity contribution is 0.593. The Kier molecular flexibility index (Phi) is 5.59. The van der Waals surface area contributed by atoms with Gasteiger partial charge in [-0.15, -0.1) is 0 Å². The monoisotopic (exact) mass is 272 g/mol. The molecule has 0 aromatic carbocycles. The van der Waals surface area contributed by atoms with Gasteiger partial charge in [-0.05, 0) is 31.5 Å². The van der Waals surface area contributed by atoms with Crippen LogP contribution >= 0.6 is 0 Å². The van der Waals surface area contributed by atoms with Crippen LogP contribution in [0.4, 0.5) is 5.69 Å². The van der Waals surface area contributed by atoms with Gasteiger partial charge in [0, 0.05) is 24.6 Å². The third-order valence-corrected chi connectivity index (χ3v) is 3.40. The van der Waals surface area contributed by atoms with E-state index in [4.69, 9.17) is 0 Å². The highest BCUT2D eigenvalue weighted by atomic mass is 15.3. The van der Waals surface area contributed by atoms with Crippen molar-refractivity contribution in [2.75, 3.05) is 5.32 Å². The topological polar surface area (TPSA) is 42.7 Å². The summed E-state index contributed by atoms with van der Waals surface area (Å²) in [4.78, 5) is 4.42. The van der Waals surface area contributed by atoms with Gasteiger partial charge in [-0.2, -0.15) is 5.10 Å². The predicted octanol–water partition coefficient (Wildman–Crippen LogP) is 4.04. The van der Waals surface area contributed by atoms with Crippen molar-refractivity contribution < 1.29 is 0 Å². The maximum absolute atomic E-state index is 4.42. The second kappa shape index (κ2) is 7.68. The molecule has 0 spiro atoms. The molecular formula is C16H24N4. The number of pyridine rings is 1. The summed E-state index contributed by atoms with van der Waals surface area (Å²) in [7, 11) is 0. The molecule has 0 saturated carbocycles. The first-order chi connectivity index (χ1) is 9.81. The molecule has 2 aromatic heterocycles. The van der Waals surface area contributed by atoms with Crippen molar-refractivity contribution in [3.05, 3.63) is 36.8 Å². The van der Waals surface area contributed by atoms with Crippen LogP contribution in [0.1, 0.15) is 46.0 Å². The molecule has 0 aliphatic heterocycles. The molecular weight excluding hydrogens is 248 g/mol. The molecule has 20 heavy (non-hydrogen) atoms. The Bertz CT molecular complexity index is 493. The number of unbranched alkanes of at least 4 members (excludes halogenated alkanes) is 3. The van der Waals surface area contributed by atoms with Crippen LogP contribution in [-0.2, 0) is 0 Å². The highest BCUT2D eigenvalue weighted by molar-refractivity contribution is 5.56. The number of aromatic nitrogens is 3. The minimum Gasteiger partial charge on any atom is -0.380 e. The van der Waals surface area contributed by atoms with Gasteiger partial charge in [-0.25, -0.2) is 9.67 Å². The van der Waals surface area contributed by atoms with E-state index in [0.717, 1.165) is 11.5 Å². The van der Waals surface area contributed by atoms with E-state index in [-0.39, 0.29) is 0 Å². The SMILES string of the molecule is CCCCCCC(C)Nc1cccnc1-n1cccn1. The maximum Gasteiger partial charge on any atom is 0.176 e. The van der Waals surface area contributed by atoms with Crippen LogP contribution in [0.15, 0.2) is 36.8 Å². The minimum absolute atomic E-state index is 0.449. The van der Waals surface area contributed by atoms with Gasteiger partial charge in [0.25, 0.3) is 0 Å². The Labute approximate surface area is 121 Å². The van der Waals surface area contributed by atoms with Gasteiger partial charge in [0.15, 0.2) is 5.82 Å². The zero-order valence-electron chi connectivity index (χ0n) is 12.4. The van der Waals surface area contributed by atoms with Crippen LogP contribution in [0.25, 0.3) is 5.82 Å². The van der Waals surface area contributed by atoms with Crippen molar-refractivity contribution in [3.63, 3.8) is 0 Å². The fourth-order valence-corrected chi connectivity index (χ4v) is 2.30. The molecule has 1 atom stereocenters. The van der Waals surface area contributed by atoms with Gasteiger partial charge in [-0.3, -0.25) is 0 Å². The summed E-state index contributed by atoms with van der Waals surface area (Å²) in [6, 6.07) is 6.38. The molecule has 0 saturated heterocycles. The second-order valence-corrected chi connectivity index (χ2v) is 5.22. The fraction of sp³-hybridized carbons (Fsp3) is 0.500. The third-order valence-electron chi connectivity index (χ3n) is 3.40. The molecule has 0 amide bonds. The summed E-state index contributed by atoms with van der Waals surface area (Å²) in [5.74, 6) is 0.859. The number of nitrogens with one attached hydrogen (secondary N) is 1. The molecule has 0 radical (unpaired) electrons. The number of hydrogen-bond acceptors (Lipinski definition) is 3. The summed E-state index contributed by atoms with van der Waals surface area (Å²) >= 11 is 0. The summed E-state index contributed by atoms with van der Waals surface area (Å²) in [5.41, 5.74) is 1.04. The summed E-state index contributed by atoms with van der Waals surface area (Å²) in [5, 5.41) is 7.81. The molecule has 4 heteroatoms. The van der Waals surface area contributed by atoms with E-state index in [1.165, 1.54) is 32.1 Å². The van der Waals surface area contributed by atoms with Crippen LogP contribution in [0.5, 0.6) is 0 Å². The van der Waals surface area contributed by atoms with Crippen molar-refractivity contribution >= 4 is 5.69 Å². The Morgan fingerprint density at radius 1 is 1.20 bits per heavy atom. The van der Waals surface area contributed by atoms with E-state index in [9.17, 15) is 0 Å². The second-order valence-electron chi connectivity index (χ2n) is 5.22. The van der Waals surface area contributed by atoms with E-state index in [0.29, 0.717) is 6.04 Å². The standard InChI is InChI=1S/C16H24N4/c1-3-4-5-6-9-14(2)19-15-10-7-11-17-16(15)20-13-8-12-18-20/h7-8,10-14,19H,3-6,9H2,1-2H3. The quantitative estimate of drug-likeness (QED) is 0.737. The first kappa shape index (κ1) is 14.6. The average molecular weight is 272 g/mol. The lowest BCUT2D eigenvalue weighted by Gasteiger charge is -2.17. The molecule has 2 heterocycles. The smallest absolute Gasteiger partial charge is 0.176 e. The van der Waals surface area contributed by atoms with Crippen molar-refractivity contribution in [1.82, 2.24) is 14.8 Å². The van der Waals surface area contributed by atoms with Gasteiger partial charge in [0.05, 0.1) is 5.69 Å². The zero-order chi connectivity index (χ0) is 14.2. The van der Waals surface area contributed by atoms with E-state index >= 15 is 0 Å². The van der Waals surface area contributed by atoms with Crippen LogP contribution in [-0.4, -0.2) is 20.8 Å². The van der Waals surface area contributed by atoms with Gasteiger partial charge in [0.1, 0.15) is 0 Å². The number of anilines is 1. The van der Waals surface area contributed by atoms with Gasteiger partial charge >= 0.3 is 0 Å². The molecule has 108 valence electrons. The molecule has 0 aliphatic rings. The number of nitrogens with zero attached hydrogens (tertiary/aromatic N) is 3. The Balaban J connectivity index is 1.95. The van der Waals surface area contributed by atoms with Crippen LogP contribution in [0.2, 0.25) is 0 Å². The fourth-order valence-electron chi connectivity index (χ4n) is 2.30. The van der Waals surface area contributed by atoms with Crippen LogP contribution in [0, 0.1) is 0 Å². The lowest BCUT2D eigenvalue weighted by Crippen LogP contribution is -2.17. The number of hydrogen-bond donors (Lipinski definition) is 1. The molecule has 1 N–H and O–H groups in total. The van der Waals surface area contributed by atoms with Crippen molar-refractivity contribution in [1.29, 1.82) is 0 Å². The van der Waals surface area contributed by atoms with E-state index in [1.54, 1.807) is 17.1 Å². The Morgan fingerprint density at radius 2 is 2.10 bits per heavy atom. The lowest BCUT2D eigenvalue weighted by atomic mass is 10.1. The van der Waals surface area contributed by atoms with Gasteiger partial charge < -0.3 is 5.32 Å². The highest BCUT2D eigenvalue weighted by Gasteiger charge is 2.08. The van der Waals surface area contributed by atoms with Crippen LogP contribution < -0.4 is 5.32 Å². The van der Waals surface area contributed by atoms with Crippen LogP contribution in [0.3, 0.4) is 0 Å². The molecule has 4 nitrogen and oxygen atoms in total. The summed E-state index contributed by atoms with van der Waals surface area (Å²) in [6.45, 7) is 4.47. The van der Waals surface area contributed by atoms with E-state index in [1.807, 2.05) is 18.3 Å². The maximum atomic E-state index is 4.42. The molecule has 1 unspecified atom stereocenters. The first-order valence-electron chi connectivity index (χ1n) is 7.53.